The standard InChI is InChI=1S/C44H56F2N6O5S/c1-44(2,3)43(37-24-33(35-25-34(45)13-14-36(35)46)29-50(37)27-31-10-6-4-7-11-31)52(28-32-17-19-47-26-32)42(57)30-58-23-18-39(54)49-21-20-48-38(53)12-8-5-9-22-51-40(55)15-16-41(51)56/h4,6-7,10-11,13-16,24-25,29,32,43,47H,5,8-9,12,17-23,26-28,30H2,1-3H3,(H,48,53)(H,49,54)/t32?,43-/m0/s1. The van der Waals surface area contributed by atoms with Crippen molar-refractivity contribution in [3.8, 4) is 11.1 Å². The fraction of sp³-hybridized carbons (Fsp3) is 0.477. The summed E-state index contributed by atoms with van der Waals surface area (Å²) in [5.41, 5.74) is 2.11. The van der Waals surface area contributed by atoms with E-state index in [0.717, 1.165) is 42.9 Å². The van der Waals surface area contributed by atoms with Crippen LogP contribution in [0.5, 0.6) is 0 Å². The highest BCUT2D eigenvalue weighted by molar-refractivity contribution is 7.99. The monoisotopic (exact) mass is 818 g/mol. The van der Waals surface area contributed by atoms with E-state index in [9.17, 15) is 28.4 Å². The number of carbonyl (C=O) groups is 5. The molecule has 1 fully saturated rings. The predicted octanol–water partition coefficient (Wildman–Crippen LogP) is 5.85. The van der Waals surface area contributed by atoms with Crippen LogP contribution < -0.4 is 16.0 Å². The van der Waals surface area contributed by atoms with Gasteiger partial charge in [0, 0.05) is 86.5 Å². The van der Waals surface area contributed by atoms with E-state index in [-0.39, 0.29) is 66.3 Å². The lowest BCUT2D eigenvalue weighted by molar-refractivity contribution is -0.137. The van der Waals surface area contributed by atoms with Gasteiger partial charge in [0.05, 0.1) is 11.8 Å². The summed E-state index contributed by atoms with van der Waals surface area (Å²) in [6, 6.07) is 14.8. The molecule has 312 valence electrons. The molecule has 2 aromatic carbocycles. The van der Waals surface area contributed by atoms with E-state index in [1.165, 1.54) is 34.9 Å². The number of unbranched alkanes of at least 4 members (excludes halogenated alkanes) is 2. The first-order valence-electron chi connectivity index (χ1n) is 20.1. The van der Waals surface area contributed by atoms with E-state index in [2.05, 4.69) is 41.3 Å². The fourth-order valence-electron chi connectivity index (χ4n) is 7.48. The van der Waals surface area contributed by atoms with Gasteiger partial charge in [-0.3, -0.25) is 28.9 Å². The van der Waals surface area contributed by atoms with Gasteiger partial charge in [-0.2, -0.15) is 11.8 Å². The highest BCUT2D eigenvalue weighted by atomic mass is 32.2. The van der Waals surface area contributed by atoms with Crippen molar-refractivity contribution in [3.63, 3.8) is 0 Å². The minimum Gasteiger partial charge on any atom is -0.354 e. The quantitative estimate of drug-likeness (QED) is 0.0909. The van der Waals surface area contributed by atoms with Crippen LogP contribution in [0.25, 0.3) is 11.1 Å². The number of benzene rings is 2. The van der Waals surface area contributed by atoms with Crippen LogP contribution in [0.4, 0.5) is 8.78 Å². The summed E-state index contributed by atoms with van der Waals surface area (Å²) in [4.78, 5) is 65.6. The first-order chi connectivity index (χ1) is 27.8. The Hall–Kier alpha value is -4.82. The average molecular weight is 819 g/mol. The molecule has 0 spiro atoms. The third kappa shape index (κ3) is 12.8. The molecular formula is C44H56F2N6O5S. The van der Waals surface area contributed by atoms with Gasteiger partial charge in [-0.1, -0.05) is 57.5 Å². The van der Waals surface area contributed by atoms with Crippen molar-refractivity contribution in [2.75, 3.05) is 50.8 Å². The maximum absolute atomic E-state index is 15.2. The molecule has 11 nitrogen and oxygen atoms in total. The highest BCUT2D eigenvalue weighted by Gasteiger charge is 2.38. The lowest BCUT2D eigenvalue weighted by atomic mass is 9.82. The van der Waals surface area contributed by atoms with E-state index in [1.54, 1.807) is 0 Å². The molecule has 5 amide bonds. The molecule has 1 saturated heterocycles. The van der Waals surface area contributed by atoms with Gasteiger partial charge in [0.1, 0.15) is 11.6 Å². The van der Waals surface area contributed by atoms with Crippen LogP contribution in [-0.4, -0.2) is 94.7 Å². The van der Waals surface area contributed by atoms with Gasteiger partial charge in [-0.15, -0.1) is 0 Å². The van der Waals surface area contributed by atoms with Crippen LogP contribution in [0.15, 0.2) is 72.9 Å². The second-order valence-electron chi connectivity index (χ2n) is 16.0. The van der Waals surface area contributed by atoms with Crippen LogP contribution in [0.2, 0.25) is 0 Å². The summed E-state index contributed by atoms with van der Waals surface area (Å²) < 4.78 is 31.6. The second kappa shape index (κ2) is 21.3. The molecule has 58 heavy (non-hydrogen) atoms. The molecular weight excluding hydrogens is 763 g/mol. The molecule has 1 aromatic heterocycles. The molecule has 3 N–H and O–H groups in total. The topological polar surface area (TPSA) is 133 Å². The predicted molar refractivity (Wildman–Crippen MR) is 223 cm³/mol. The lowest BCUT2D eigenvalue weighted by Crippen LogP contribution is -2.45. The first kappa shape index (κ1) is 44.3. The summed E-state index contributed by atoms with van der Waals surface area (Å²) in [6.07, 6.45) is 7.78. The number of hydrogen-bond donors (Lipinski definition) is 3. The van der Waals surface area contributed by atoms with Crippen molar-refractivity contribution >= 4 is 41.3 Å². The van der Waals surface area contributed by atoms with Crippen LogP contribution >= 0.6 is 11.8 Å². The molecule has 3 aromatic rings. The summed E-state index contributed by atoms with van der Waals surface area (Å²) in [5.74, 6) is -1.17. The van der Waals surface area contributed by atoms with Gasteiger partial charge < -0.3 is 25.4 Å². The number of nitrogens with one attached hydrogen (secondary N) is 3. The molecule has 0 aliphatic carbocycles. The van der Waals surface area contributed by atoms with Gasteiger partial charge in [0.25, 0.3) is 11.8 Å². The maximum atomic E-state index is 15.2. The summed E-state index contributed by atoms with van der Waals surface area (Å²) in [6.45, 7) is 9.86. The molecule has 5 rings (SSSR count). The lowest BCUT2D eigenvalue weighted by Gasteiger charge is -2.42. The number of imide groups is 1. The molecule has 2 aliphatic heterocycles. The zero-order valence-corrected chi connectivity index (χ0v) is 34.6. The minimum atomic E-state index is -0.532. The Morgan fingerprint density at radius 3 is 2.31 bits per heavy atom. The Labute approximate surface area is 344 Å². The van der Waals surface area contributed by atoms with E-state index >= 15 is 4.39 Å². The van der Waals surface area contributed by atoms with Crippen molar-refractivity contribution in [2.24, 2.45) is 11.3 Å². The van der Waals surface area contributed by atoms with Gasteiger partial charge >= 0.3 is 0 Å². The number of thioether (sulfide) groups is 1. The van der Waals surface area contributed by atoms with Crippen molar-refractivity contribution in [1.29, 1.82) is 0 Å². The van der Waals surface area contributed by atoms with Crippen molar-refractivity contribution < 1.29 is 32.8 Å². The Balaban J connectivity index is 1.16. The second-order valence-corrected chi connectivity index (χ2v) is 17.1. The smallest absolute Gasteiger partial charge is 0.253 e. The van der Waals surface area contributed by atoms with Crippen LogP contribution in [-0.2, 0) is 30.5 Å². The van der Waals surface area contributed by atoms with Crippen LogP contribution in [0.3, 0.4) is 0 Å². The summed E-state index contributed by atoms with van der Waals surface area (Å²) in [7, 11) is 0. The fourth-order valence-corrected chi connectivity index (χ4v) is 8.30. The number of halogens is 2. The molecule has 14 heteroatoms. The van der Waals surface area contributed by atoms with Gasteiger partial charge in [-0.05, 0) is 73.5 Å². The van der Waals surface area contributed by atoms with E-state index in [4.69, 9.17) is 0 Å². The third-order valence-corrected chi connectivity index (χ3v) is 11.3. The largest absolute Gasteiger partial charge is 0.354 e. The van der Waals surface area contributed by atoms with Crippen molar-refractivity contribution in [3.05, 3.63) is 95.8 Å². The Morgan fingerprint density at radius 2 is 1.64 bits per heavy atom. The SMILES string of the molecule is CC(C)(C)[C@H](c1cc(-c2cc(F)ccc2F)cn1Cc1ccccc1)N(CC1CCNC1)C(=O)CSCCC(=O)NCCNC(=O)CCCCCN1C(=O)C=CC1=O. The summed E-state index contributed by atoms with van der Waals surface area (Å²) in [5, 5.41) is 9.04. The number of rotatable bonds is 21. The number of aromatic nitrogens is 1. The molecule has 0 saturated carbocycles. The number of amides is 5. The van der Waals surface area contributed by atoms with E-state index < -0.39 is 23.1 Å². The zero-order chi connectivity index (χ0) is 41.7. The summed E-state index contributed by atoms with van der Waals surface area (Å²) >= 11 is 1.40. The molecule has 0 bridgehead atoms. The number of hydrogen-bond acceptors (Lipinski definition) is 7. The Bertz CT molecular complexity index is 1910. The van der Waals surface area contributed by atoms with Gasteiger partial charge in [-0.25, -0.2) is 8.78 Å². The molecule has 2 aliphatic rings. The molecule has 3 heterocycles. The van der Waals surface area contributed by atoms with E-state index in [1.807, 2.05) is 47.5 Å². The Kier molecular flexibility index (Phi) is 16.2. The van der Waals surface area contributed by atoms with Gasteiger partial charge in [0.15, 0.2) is 0 Å². The van der Waals surface area contributed by atoms with Crippen molar-refractivity contribution in [2.45, 2.75) is 71.9 Å². The van der Waals surface area contributed by atoms with E-state index in [0.29, 0.717) is 56.6 Å². The number of nitrogens with zero attached hydrogens (tertiary/aromatic N) is 3. The van der Waals surface area contributed by atoms with Crippen molar-refractivity contribution in [1.82, 2.24) is 30.3 Å². The van der Waals surface area contributed by atoms with Gasteiger partial charge in [0.2, 0.25) is 17.7 Å². The average Bonchev–Trinajstić information content (AvgIpc) is 3.93. The normalized spacial score (nSPS) is 15.9. The zero-order valence-electron chi connectivity index (χ0n) is 33.7. The van der Waals surface area contributed by atoms with Crippen LogP contribution in [0.1, 0.15) is 76.6 Å². The first-order valence-corrected chi connectivity index (χ1v) is 21.3. The highest BCUT2D eigenvalue weighted by Crippen LogP contribution is 2.42. The number of carbonyl (C=O) groups excluding carboxylic acids is 5. The molecule has 2 atom stereocenters. The molecule has 0 radical (unpaired) electrons. The molecule has 1 unspecified atom stereocenters. The maximum Gasteiger partial charge on any atom is 0.253 e. The third-order valence-electron chi connectivity index (χ3n) is 10.4. The minimum absolute atomic E-state index is 0.0547. The Morgan fingerprint density at radius 1 is 0.931 bits per heavy atom. The van der Waals surface area contributed by atoms with Crippen LogP contribution in [0, 0.1) is 23.0 Å².